The van der Waals surface area contributed by atoms with Crippen LogP contribution in [-0.2, 0) is 11.3 Å². The zero-order chi connectivity index (χ0) is 19.9. The third-order valence-corrected chi connectivity index (χ3v) is 5.02. The Morgan fingerprint density at radius 1 is 1.14 bits per heavy atom. The van der Waals surface area contributed by atoms with Crippen LogP contribution in [-0.4, -0.2) is 47.6 Å². The molecule has 28 heavy (non-hydrogen) atoms. The van der Waals surface area contributed by atoms with Gasteiger partial charge in [0.05, 0.1) is 18.2 Å². The third-order valence-electron chi connectivity index (χ3n) is 5.02. The number of hydrogen-bond donors (Lipinski definition) is 3. The van der Waals surface area contributed by atoms with E-state index in [-0.39, 0.29) is 18.4 Å². The van der Waals surface area contributed by atoms with Crippen LogP contribution in [0, 0.1) is 6.92 Å². The van der Waals surface area contributed by atoms with Gasteiger partial charge in [0.2, 0.25) is 5.91 Å². The van der Waals surface area contributed by atoms with Crippen molar-refractivity contribution in [2.75, 3.05) is 25.0 Å². The number of anilines is 1. The van der Waals surface area contributed by atoms with Gasteiger partial charge in [0.25, 0.3) is 5.91 Å². The molecule has 6 nitrogen and oxygen atoms in total. The summed E-state index contributed by atoms with van der Waals surface area (Å²) >= 11 is 0. The molecule has 1 fully saturated rings. The predicted octanol–water partition coefficient (Wildman–Crippen LogP) is 2.32. The van der Waals surface area contributed by atoms with Gasteiger partial charge >= 0.3 is 0 Å². The molecule has 0 spiro atoms. The molecule has 1 saturated heterocycles. The Hall–Kier alpha value is -2.86. The summed E-state index contributed by atoms with van der Waals surface area (Å²) in [6.45, 7) is 3.56. The van der Waals surface area contributed by atoms with Gasteiger partial charge in [-0.15, -0.1) is 0 Å². The molecule has 0 aliphatic carbocycles. The van der Waals surface area contributed by atoms with Crippen LogP contribution in [0.5, 0.6) is 0 Å². The zero-order valence-corrected chi connectivity index (χ0v) is 16.1. The number of rotatable bonds is 6. The van der Waals surface area contributed by atoms with E-state index >= 15 is 0 Å². The number of nitrogens with one attached hydrogen (secondary N) is 2. The van der Waals surface area contributed by atoms with Crippen molar-refractivity contribution in [3.8, 4) is 0 Å². The molecule has 0 radical (unpaired) electrons. The first-order chi connectivity index (χ1) is 13.5. The van der Waals surface area contributed by atoms with Gasteiger partial charge in [0.15, 0.2) is 0 Å². The fraction of sp³-hybridized carbons (Fsp3) is 0.364. The van der Waals surface area contributed by atoms with Crippen molar-refractivity contribution in [2.45, 2.75) is 32.4 Å². The maximum absolute atomic E-state index is 12.8. The minimum Gasteiger partial charge on any atom is -0.391 e. The number of carbonyl (C=O) groups is 2. The van der Waals surface area contributed by atoms with Crippen molar-refractivity contribution >= 4 is 17.5 Å². The highest BCUT2D eigenvalue weighted by Crippen LogP contribution is 2.20. The maximum Gasteiger partial charge on any atom is 0.256 e. The van der Waals surface area contributed by atoms with Crippen molar-refractivity contribution in [3.63, 3.8) is 0 Å². The van der Waals surface area contributed by atoms with Crippen molar-refractivity contribution in [1.82, 2.24) is 10.2 Å². The number of aliphatic hydroxyl groups is 1. The molecule has 1 atom stereocenters. The molecule has 1 unspecified atom stereocenters. The molecule has 3 rings (SSSR count). The van der Waals surface area contributed by atoms with Crippen molar-refractivity contribution < 1.29 is 14.7 Å². The molecule has 0 aromatic heterocycles. The first kappa shape index (κ1) is 19.9. The number of likely N-dealkylation sites (tertiary alicyclic amines) is 1. The minimum atomic E-state index is -0.468. The van der Waals surface area contributed by atoms with Crippen molar-refractivity contribution in [1.29, 1.82) is 0 Å². The van der Waals surface area contributed by atoms with Gasteiger partial charge < -0.3 is 20.6 Å². The Morgan fingerprint density at radius 2 is 1.89 bits per heavy atom. The van der Waals surface area contributed by atoms with Gasteiger partial charge in [-0.2, -0.15) is 0 Å². The molecule has 0 bridgehead atoms. The number of nitrogens with zero attached hydrogens (tertiary/aromatic N) is 1. The number of benzene rings is 2. The van der Waals surface area contributed by atoms with Gasteiger partial charge in [-0.1, -0.05) is 36.4 Å². The summed E-state index contributed by atoms with van der Waals surface area (Å²) in [6.07, 6.45) is 1.05. The van der Waals surface area contributed by atoms with Crippen LogP contribution in [0.25, 0.3) is 0 Å². The fourth-order valence-corrected chi connectivity index (χ4v) is 3.37. The van der Waals surface area contributed by atoms with Crippen molar-refractivity contribution in [3.05, 3.63) is 65.2 Å². The molecule has 6 heteroatoms. The average molecular weight is 381 g/mol. The van der Waals surface area contributed by atoms with E-state index in [1.807, 2.05) is 37.3 Å². The SMILES string of the molecule is Cc1ccccc1CNC(=O)CNc1ccccc1C(=O)N1CCCC(O)C1. The molecule has 0 saturated carbocycles. The number of aryl methyl sites for hydroxylation is 1. The van der Waals surface area contributed by atoms with Gasteiger partial charge in [-0.3, -0.25) is 9.59 Å². The van der Waals surface area contributed by atoms with Gasteiger partial charge in [-0.25, -0.2) is 0 Å². The highest BCUT2D eigenvalue weighted by Gasteiger charge is 2.24. The third kappa shape index (κ3) is 5.10. The summed E-state index contributed by atoms with van der Waals surface area (Å²) in [5, 5.41) is 15.8. The smallest absolute Gasteiger partial charge is 0.256 e. The quantitative estimate of drug-likeness (QED) is 0.717. The topological polar surface area (TPSA) is 81.7 Å². The monoisotopic (exact) mass is 381 g/mol. The van der Waals surface area contributed by atoms with E-state index in [1.165, 1.54) is 0 Å². The lowest BCUT2D eigenvalue weighted by Gasteiger charge is -2.30. The number of para-hydroxylation sites is 1. The van der Waals surface area contributed by atoms with E-state index in [4.69, 9.17) is 0 Å². The summed E-state index contributed by atoms with van der Waals surface area (Å²) in [6, 6.07) is 15.1. The van der Waals surface area contributed by atoms with Crippen molar-refractivity contribution in [2.24, 2.45) is 0 Å². The van der Waals surface area contributed by atoms with E-state index < -0.39 is 6.10 Å². The molecule has 2 aromatic carbocycles. The van der Waals surface area contributed by atoms with Gasteiger partial charge in [-0.05, 0) is 43.0 Å². The molecule has 2 amide bonds. The number of carbonyl (C=O) groups excluding carboxylic acids is 2. The Balaban J connectivity index is 1.58. The summed E-state index contributed by atoms with van der Waals surface area (Å²) < 4.78 is 0. The summed E-state index contributed by atoms with van der Waals surface area (Å²) in [5.74, 6) is -0.263. The first-order valence-electron chi connectivity index (χ1n) is 9.66. The van der Waals surface area contributed by atoms with Crippen LogP contribution < -0.4 is 10.6 Å². The second-order valence-corrected chi connectivity index (χ2v) is 7.15. The first-order valence-corrected chi connectivity index (χ1v) is 9.66. The number of hydrogen-bond acceptors (Lipinski definition) is 4. The number of piperidine rings is 1. The Labute approximate surface area is 165 Å². The lowest BCUT2D eigenvalue weighted by molar-refractivity contribution is -0.119. The normalized spacial score (nSPS) is 16.5. The maximum atomic E-state index is 12.8. The largest absolute Gasteiger partial charge is 0.391 e. The van der Waals surface area contributed by atoms with Crippen LogP contribution in [0.2, 0.25) is 0 Å². The zero-order valence-electron chi connectivity index (χ0n) is 16.1. The summed E-state index contributed by atoms with van der Waals surface area (Å²) in [5.41, 5.74) is 3.35. The average Bonchev–Trinajstić information content (AvgIpc) is 2.71. The van der Waals surface area contributed by atoms with E-state index in [0.717, 1.165) is 24.0 Å². The lowest BCUT2D eigenvalue weighted by atomic mass is 10.1. The molecule has 1 heterocycles. The number of amides is 2. The summed E-state index contributed by atoms with van der Waals surface area (Å²) in [7, 11) is 0. The molecular weight excluding hydrogens is 354 g/mol. The van der Waals surface area contributed by atoms with Gasteiger partial charge in [0, 0.05) is 25.3 Å². The predicted molar refractivity (Wildman–Crippen MR) is 109 cm³/mol. The van der Waals surface area contributed by atoms with Gasteiger partial charge in [0.1, 0.15) is 0 Å². The second-order valence-electron chi connectivity index (χ2n) is 7.15. The number of β-amino-alcohol motifs (C(OH)–C–C–N with tert-alkyl or cyclic N) is 1. The highest BCUT2D eigenvalue weighted by molar-refractivity contribution is 6.00. The Kier molecular flexibility index (Phi) is 6.66. The fourth-order valence-electron chi connectivity index (χ4n) is 3.37. The standard InChI is InChI=1S/C22H27N3O3/c1-16-7-2-3-8-17(16)13-24-21(27)14-23-20-11-5-4-10-19(20)22(28)25-12-6-9-18(26)15-25/h2-5,7-8,10-11,18,23,26H,6,9,12-15H2,1H3,(H,24,27). The van der Waals surface area contributed by atoms with E-state index in [2.05, 4.69) is 10.6 Å². The Bertz CT molecular complexity index is 837. The van der Waals surface area contributed by atoms with Crippen LogP contribution >= 0.6 is 0 Å². The van der Waals surface area contributed by atoms with E-state index in [0.29, 0.717) is 30.9 Å². The second kappa shape index (κ2) is 9.37. The van der Waals surface area contributed by atoms with Crippen LogP contribution in [0.3, 0.4) is 0 Å². The van der Waals surface area contributed by atoms with Crippen LogP contribution in [0.15, 0.2) is 48.5 Å². The van der Waals surface area contributed by atoms with Crippen LogP contribution in [0.1, 0.15) is 34.3 Å². The summed E-state index contributed by atoms with van der Waals surface area (Å²) in [4.78, 5) is 26.7. The van der Waals surface area contributed by atoms with E-state index in [9.17, 15) is 14.7 Å². The minimum absolute atomic E-state index is 0.0821. The number of aliphatic hydroxyl groups excluding tert-OH is 1. The molecule has 1 aliphatic heterocycles. The lowest BCUT2D eigenvalue weighted by Crippen LogP contribution is -2.42. The molecule has 148 valence electrons. The molecule has 2 aromatic rings. The highest BCUT2D eigenvalue weighted by atomic mass is 16.3. The molecule has 3 N–H and O–H groups in total. The van der Waals surface area contributed by atoms with E-state index in [1.54, 1.807) is 23.1 Å². The molecule has 1 aliphatic rings. The Morgan fingerprint density at radius 3 is 2.68 bits per heavy atom. The molecular formula is C22H27N3O3. The van der Waals surface area contributed by atoms with Crippen LogP contribution in [0.4, 0.5) is 5.69 Å².